The van der Waals surface area contributed by atoms with Crippen LogP contribution >= 0.6 is 0 Å². The number of fused-ring (bicyclic) bond motifs is 1. The van der Waals surface area contributed by atoms with Crippen molar-refractivity contribution in [3.63, 3.8) is 0 Å². The molecule has 45 heavy (non-hydrogen) atoms. The maximum Gasteiger partial charge on any atom is 0.421 e. The van der Waals surface area contributed by atoms with Gasteiger partial charge in [0, 0.05) is 48.9 Å². The molecular formula is C32H35F3N6O4. The second-order valence-electron chi connectivity index (χ2n) is 11.5. The number of aryl methyl sites for hydroxylation is 1. The fourth-order valence-corrected chi connectivity index (χ4v) is 6.34. The number of anilines is 4. The lowest BCUT2D eigenvalue weighted by molar-refractivity contribution is -0.137. The van der Waals surface area contributed by atoms with Crippen LogP contribution in [0.1, 0.15) is 63.9 Å². The maximum absolute atomic E-state index is 13.9. The summed E-state index contributed by atoms with van der Waals surface area (Å²) in [5.41, 5.74) is 1.09. The Bertz CT molecular complexity index is 1570. The largest absolute Gasteiger partial charge is 0.495 e. The third-order valence-corrected chi connectivity index (χ3v) is 8.70. The van der Waals surface area contributed by atoms with Crippen molar-refractivity contribution in [3.05, 3.63) is 64.8 Å². The van der Waals surface area contributed by atoms with E-state index in [1.165, 1.54) is 7.11 Å². The Labute approximate surface area is 258 Å². The molecule has 1 saturated heterocycles. The van der Waals surface area contributed by atoms with E-state index >= 15 is 0 Å². The van der Waals surface area contributed by atoms with Crippen LogP contribution < -0.4 is 20.7 Å². The number of rotatable bonds is 8. The molecule has 1 saturated carbocycles. The van der Waals surface area contributed by atoms with Crippen LogP contribution in [0.15, 0.2) is 42.6 Å². The zero-order valence-corrected chi connectivity index (χ0v) is 24.9. The highest BCUT2D eigenvalue weighted by atomic mass is 19.4. The average molecular weight is 625 g/mol. The first kappa shape index (κ1) is 30.8. The van der Waals surface area contributed by atoms with Gasteiger partial charge in [0.2, 0.25) is 5.95 Å². The van der Waals surface area contributed by atoms with Crippen molar-refractivity contribution >= 4 is 34.8 Å². The van der Waals surface area contributed by atoms with Crippen molar-refractivity contribution in [1.82, 2.24) is 20.2 Å². The lowest BCUT2D eigenvalue weighted by atomic mass is 9.89. The molecule has 13 heteroatoms. The van der Waals surface area contributed by atoms with Gasteiger partial charge in [0.1, 0.15) is 17.1 Å². The molecule has 3 N–H and O–H groups in total. The molecule has 3 aromatic rings. The van der Waals surface area contributed by atoms with E-state index in [0.29, 0.717) is 47.6 Å². The molecule has 2 aliphatic carbocycles. The van der Waals surface area contributed by atoms with E-state index < -0.39 is 17.6 Å². The molecule has 10 nitrogen and oxygen atoms in total. The summed E-state index contributed by atoms with van der Waals surface area (Å²) in [6.45, 7) is 3.44. The molecule has 1 aliphatic heterocycles. The van der Waals surface area contributed by atoms with Crippen LogP contribution in [0.4, 0.5) is 36.3 Å². The van der Waals surface area contributed by atoms with Gasteiger partial charge in [-0.15, -0.1) is 0 Å². The van der Waals surface area contributed by atoms with Gasteiger partial charge >= 0.3 is 6.18 Å². The van der Waals surface area contributed by atoms with E-state index in [9.17, 15) is 22.8 Å². The fraction of sp³-hybridized carbons (Fsp3) is 0.438. The van der Waals surface area contributed by atoms with E-state index in [1.807, 2.05) is 0 Å². The van der Waals surface area contributed by atoms with Gasteiger partial charge in [0.25, 0.3) is 5.91 Å². The number of hydrogen-bond acceptors (Lipinski definition) is 9. The fourth-order valence-electron chi connectivity index (χ4n) is 6.34. The quantitative estimate of drug-likeness (QED) is 0.299. The van der Waals surface area contributed by atoms with Crippen molar-refractivity contribution in [2.75, 3.05) is 44.0 Å². The number of amides is 1. The minimum Gasteiger partial charge on any atom is -0.495 e. The number of nitrogens with one attached hydrogen (secondary N) is 3. The van der Waals surface area contributed by atoms with E-state index in [2.05, 4.69) is 30.8 Å². The molecule has 0 unspecified atom stereocenters. The summed E-state index contributed by atoms with van der Waals surface area (Å²) < 4.78 is 52.7. The van der Waals surface area contributed by atoms with Crippen molar-refractivity contribution in [1.29, 1.82) is 0 Å². The van der Waals surface area contributed by atoms with Gasteiger partial charge in [0.05, 0.1) is 31.7 Å². The van der Waals surface area contributed by atoms with Gasteiger partial charge < -0.3 is 25.4 Å². The predicted molar refractivity (Wildman–Crippen MR) is 162 cm³/mol. The zero-order valence-electron chi connectivity index (χ0n) is 24.9. The molecule has 1 amide bonds. The Morgan fingerprint density at radius 2 is 1.80 bits per heavy atom. The van der Waals surface area contributed by atoms with Crippen LogP contribution in [0, 0.1) is 0 Å². The third-order valence-electron chi connectivity index (χ3n) is 8.70. The number of carbonyl (C=O) groups excluding carboxylic acids is 2. The van der Waals surface area contributed by atoms with Crippen molar-refractivity contribution in [2.45, 2.75) is 56.8 Å². The molecule has 2 fully saturated rings. The molecule has 0 spiro atoms. The molecule has 3 aliphatic rings. The first-order chi connectivity index (χ1) is 21.7. The number of ketones is 1. The lowest BCUT2D eigenvalue weighted by Crippen LogP contribution is -2.47. The number of benzene rings is 2. The minimum absolute atomic E-state index is 0.0752. The molecule has 238 valence electrons. The number of morpholine rings is 1. The van der Waals surface area contributed by atoms with Crippen molar-refractivity contribution < 1.29 is 32.2 Å². The van der Waals surface area contributed by atoms with Gasteiger partial charge in [-0.05, 0) is 61.9 Å². The minimum atomic E-state index is -4.74. The number of aromatic nitrogens is 2. The first-order valence-corrected chi connectivity index (χ1v) is 15.1. The lowest BCUT2D eigenvalue weighted by Gasteiger charge is -2.38. The number of Topliss-reactive ketones (excluding diaryl/α,β-unsaturated/α-hetero) is 1. The molecule has 0 atom stereocenters. The van der Waals surface area contributed by atoms with Crippen LogP contribution in [0.2, 0.25) is 0 Å². The van der Waals surface area contributed by atoms with Gasteiger partial charge in [-0.25, -0.2) is 4.98 Å². The summed E-state index contributed by atoms with van der Waals surface area (Å²) >= 11 is 0. The van der Waals surface area contributed by atoms with Crippen LogP contribution in [0.25, 0.3) is 0 Å². The summed E-state index contributed by atoms with van der Waals surface area (Å²) in [7, 11) is 1.43. The Morgan fingerprint density at radius 1 is 1.02 bits per heavy atom. The Hall–Kier alpha value is -4.23. The van der Waals surface area contributed by atoms with Crippen molar-refractivity contribution in [2.24, 2.45) is 0 Å². The number of alkyl halides is 3. The summed E-state index contributed by atoms with van der Waals surface area (Å²) in [6, 6.07) is 10.4. The Balaban J connectivity index is 1.15. The molecule has 1 aromatic heterocycles. The summed E-state index contributed by atoms with van der Waals surface area (Å²) in [5.74, 6) is -0.688. The van der Waals surface area contributed by atoms with Gasteiger partial charge in [-0.3, -0.25) is 14.5 Å². The van der Waals surface area contributed by atoms with E-state index in [1.54, 1.807) is 36.4 Å². The second kappa shape index (κ2) is 13.0. The molecule has 2 aromatic carbocycles. The highest BCUT2D eigenvalue weighted by molar-refractivity contribution is 6.05. The van der Waals surface area contributed by atoms with Crippen LogP contribution in [-0.2, 0) is 17.3 Å². The highest BCUT2D eigenvalue weighted by Gasteiger charge is 2.36. The van der Waals surface area contributed by atoms with E-state index in [4.69, 9.17) is 9.47 Å². The second-order valence-corrected chi connectivity index (χ2v) is 11.5. The van der Waals surface area contributed by atoms with Gasteiger partial charge in [-0.1, -0.05) is 12.1 Å². The molecule has 0 bridgehead atoms. The Kier molecular flexibility index (Phi) is 8.90. The molecule has 0 radical (unpaired) electrons. The van der Waals surface area contributed by atoms with Crippen molar-refractivity contribution in [3.8, 4) is 5.75 Å². The van der Waals surface area contributed by atoms with E-state index in [-0.39, 0.29) is 29.4 Å². The average Bonchev–Trinajstić information content (AvgIpc) is 3.43. The number of halogens is 3. The monoisotopic (exact) mass is 624 g/mol. The predicted octanol–water partition coefficient (Wildman–Crippen LogP) is 5.49. The Morgan fingerprint density at radius 3 is 2.53 bits per heavy atom. The summed E-state index contributed by atoms with van der Waals surface area (Å²) in [5, 5.41) is 8.76. The maximum atomic E-state index is 13.9. The number of hydrogen-bond donors (Lipinski definition) is 3. The van der Waals surface area contributed by atoms with Gasteiger partial charge in [-0.2, -0.15) is 18.2 Å². The number of methoxy groups -OCH3 is 1. The van der Waals surface area contributed by atoms with Gasteiger partial charge in [0.15, 0.2) is 5.78 Å². The third kappa shape index (κ3) is 6.89. The highest BCUT2D eigenvalue weighted by Crippen LogP contribution is 2.38. The summed E-state index contributed by atoms with van der Waals surface area (Å²) in [6.07, 6.45) is 0.616. The van der Waals surface area contributed by atoms with Crippen LogP contribution in [0.5, 0.6) is 5.75 Å². The summed E-state index contributed by atoms with van der Waals surface area (Å²) in [4.78, 5) is 36.0. The smallest absolute Gasteiger partial charge is 0.421 e. The number of ether oxygens (including phenoxy) is 2. The standard InChI is InChI=1S/C32H35F3N6O4/c1-44-27-17-20(30(43)37-21-7-9-22(10-8-21)41-13-15-45-16-14-41)5-11-24(27)39-31-36-18-23(32(33,34)35)29(40-31)38-25-4-2-3-19-6-12-26(42)28(19)25/h2-5,11,17-18,21-22H,6-10,12-16H2,1H3,(H,37,43)(H2,36,38,39,40)/t21-,22-. The zero-order chi connectivity index (χ0) is 31.6. The SMILES string of the molecule is COc1cc(C(=O)N[C@H]2CC[C@H](N3CCOCC3)CC2)ccc1Nc1ncc(C(F)(F)F)c(Nc2cccc3c2C(=O)CC3)n1. The first-order valence-electron chi connectivity index (χ1n) is 15.1. The normalized spacial score (nSPS) is 20.4. The number of carbonyl (C=O) groups is 2. The molecule has 6 rings (SSSR count). The molecular weight excluding hydrogens is 589 g/mol. The van der Waals surface area contributed by atoms with Crippen LogP contribution in [0.3, 0.4) is 0 Å². The van der Waals surface area contributed by atoms with Crippen LogP contribution in [-0.4, -0.2) is 72.1 Å². The van der Waals surface area contributed by atoms with E-state index in [0.717, 1.165) is 57.6 Å². The molecule has 2 heterocycles. The topological polar surface area (TPSA) is 118 Å². The number of nitrogens with zero attached hydrogens (tertiary/aromatic N) is 3.